The average Bonchev–Trinajstić information content (AvgIpc) is 3.22. The molecule has 4 nitrogen and oxygen atoms in total. The molecule has 0 saturated heterocycles. The first-order valence-electron chi connectivity index (χ1n) is 11.0. The molecule has 0 radical (unpaired) electrons. The molecule has 1 unspecified atom stereocenters. The molecule has 5 heteroatoms. The number of benzene rings is 4. The number of phenolic OH excluding ortho intramolecular Hbond substituents is 1. The first-order valence-corrected chi connectivity index (χ1v) is 12.7. The Morgan fingerprint density at radius 1 is 0.794 bits per heavy atom. The molecule has 0 amide bonds. The normalized spacial score (nSPS) is 16.5. The van der Waals surface area contributed by atoms with E-state index in [-0.39, 0.29) is 37.8 Å². The Morgan fingerprint density at radius 2 is 1.29 bits per heavy atom. The number of carbonyl (C=O) groups excluding carboxylic acids is 2. The first kappa shape index (κ1) is 22.1. The van der Waals surface area contributed by atoms with Gasteiger partial charge in [-0.15, -0.1) is 0 Å². The van der Waals surface area contributed by atoms with Crippen LogP contribution in [0.25, 0.3) is 0 Å². The van der Waals surface area contributed by atoms with Crippen molar-refractivity contribution in [2.24, 2.45) is 0 Å². The monoisotopic (exact) mass is 514 g/mol. The fraction of sp³-hybridized carbons (Fsp3) is 0.103. The van der Waals surface area contributed by atoms with E-state index in [1.54, 1.807) is 48.5 Å². The Balaban J connectivity index is 1.62. The van der Waals surface area contributed by atoms with Crippen molar-refractivity contribution in [2.45, 2.75) is 17.8 Å². The van der Waals surface area contributed by atoms with Crippen molar-refractivity contribution in [2.75, 3.05) is 0 Å². The topological polar surface area (TPSA) is 63.6 Å². The molecule has 4 aromatic carbocycles. The van der Waals surface area contributed by atoms with Crippen molar-refractivity contribution in [3.8, 4) is 11.5 Å². The number of rotatable bonds is 6. The van der Waals surface area contributed by atoms with Crippen LogP contribution in [0.4, 0.5) is 0 Å². The Morgan fingerprint density at radius 3 is 1.85 bits per heavy atom. The van der Waals surface area contributed by atoms with Gasteiger partial charge in [-0.3, -0.25) is 0 Å². The van der Waals surface area contributed by atoms with Crippen LogP contribution < -0.4 is 9.20 Å². The van der Waals surface area contributed by atoms with Gasteiger partial charge in [0.15, 0.2) is 0 Å². The Labute approximate surface area is 204 Å². The molecule has 0 spiro atoms. The van der Waals surface area contributed by atoms with Gasteiger partial charge in [-0.2, -0.15) is 0 Å². The van der Waals surface area contributed by atoms with Gasteiger partial charge in [0.1, 0.15) is 0 Å². The molecule has 0 aromatic heterocycles. The van der Waals surface area contributed by atoms with E-state index >= 15 is 0 Å². The predicted molar refractivity (Wildman–Crippen MR) is 132 cm³/mol. The number of hydrogen-bond acceptors (Lipinski definition) is 4. The second-order valence-corrected chi connectivity index (χ2v) is 11.6. The van der Waals surface area contributed by atoms with Gasteiger partial charge >= 0.3 is 205 Å². The number of ketones is 2. The van der Waals surface area contributed by atoms with Gasteiger partial charge in [0.2, 0.25) is 0 Å². The molecule has 4 aromatic rings. The Hall–Kier alpha value is -3.66. The second kappa shape index (κ2) is 8.94. The third-order valence-corrected chi connectivity index (χ3v) is 8.25. The molecule has 34 heavy (non-hydrogen) atoms. The van der Waals surface area contributed by atoms with Gasteiger partial charge in [0, 0.05) is 0 Å². The quantitative estimate of drug-likeness (QED) is 0.304. The molecule has 1 heterocycles. The summed E-state index contributed by atoms with van der Waals surface area (Å²) >= 11 is -0.0869. The molecule has 0 saturated carbocycles. The van der Waals surface area contributed by atoms with Crippen LogP contribution in [0, 0.1) is 0 Å². The van der Waals surface area contributed by atoms with Crippen LogP contribution in [0.2, 0.25) is 0 Å². The van der Waals surface area contributed by atoms with Crippen molar-refractivity contribution in [1.29, 1.82) is 0 Å². The fourth-order valence-corrected chi connectivity index (χ4v) is 6.57. The maximum absolute atomic E-state index is 13.5. The third-order valence-electron chi connectivity index (χ3n) is 5.80. The number of carbonyl (C=O) groups is 2. The number of phenols is 1. The van der Waals surface area contributed by atoms with Crippen LogP contribution in [0.5, 0.6) is 11.5 Å². The van der Waals surface area contributed by atoms with Crippen LogP contribution in [0.15, 0.2) is 97.1 Å². The molecular formula is C29H22O4Se. The van der Waals surface area contributed by atoms with Crippen LogP contribution in [-0.4, -0.2) is 36.1 Å². The summed E-state index contributed by atoms with van der Waals surface area (Å²) in [6.45, 7) is 1.99. The maximum atomic E-state index is 13.5. The van der Waals surface area contributed by atoms with E-state index in [1.807, 2.05) is 37.3 Å². The zero-order chi connectivity index (χ0) is 23.7. The molecule has 0 fully saturated rings. The van der Waals surface area contributed by atoms with Crippen LogP contribution in [-0.2, 0) is 6.42 Å². The van der Waals surface area contributed by atoms with Crippen molar-refractivity contribution in [3.63, 3.8) is 0 Å². The molecule has 168 valence electrons. The minimum atomic E-state index is -0.603. The van der Waals surface area contributed by atoms with E-state index in [1.165, 1.54) is 6.07 Å². The summed E-state index contributed by atoms with van der Waals surface area (Å²) in [7, 11) is 0. The van der Waals surface area contributed by atoms with E-state index < -0.39 is 4.50 Å². The number of hydrogen-bond donors (Lipinski definition) is 1. The first-order chi connectivity index (χ1) is 16.5. The number of aromatic hydroxyl groups is 1. The van der Waals surface area contributed by atoms with E-state index in [9.17, 15) is 14.7 Å². The van der Waals surface area contributed by atoms with E-state index in [4.69, 9.17) is 4.74 Å². The zero-order valence-corrected chi connectivity index (χ0v) is 20.2. The van der Waals surface area contributed by atoms with Gasteiger partial charge in [-0.25, -0.2) is 0 Å². The van der Waals surface area contributed by atoms with Crippen LogP contribution in [0.3, 0.4) is 0 Å². The van der Waals surface area contributed by atoms with Gasteiger partial charge in [-0.1, -0.05) is 0 Å². The molecule has 1 aliphatic rings. The summed E-state index contributed by atoms with van der Waals surface area (Å²) in [5.74, 6) is -0.307. The molecule has 1 aliphatic heterocycles. The molecule has 1 N–H and O–H groups in total. The van der Waals surface area contributed by atoms with Crippen molar-refractivity contribution in [1.82, 2.24) is 0 Å². The summed E-state index contributed by atoms with van der Waals surface area (Å²) in [5.41, 5.74) is 1.88. The summed E-state index contributed by atoms with van der Waals surface area (Å²) in [4.78, 5) is 26.9. The predicted octanol–water partition coefficient (Wildman–Crippen LogP) is 4.54. The summed E-state index contributed by atoms with van der Waals surface area (Å²) in [6.07, 6.45) is 0.411. The van der Waals surface area contributed by atoms with E-state index in [2.05, 4.69) is 12.1 Å². The van der Waals surface area contributed by atoms with E-state index in [0.717, 1.165) is 4.46 Å². The van der Waals surface area contributed by atoms with Gasteiger partial charge < -0.3 is 0 Å². The van der Waals surface area contributed by atoms with Gasteiger partial charge in [0.25, 0.3) is 0 Å². The van der Waals surface area contributed by atoms with E-state index in [0.29, 0.717) is 34.4 Å². The van der Waals surface area contributed by atoms with Crippen LogP contribution >= 0.6 is 0 Å². The molecule has 5 rings (SSSR count). The fourth-order valence-electron chi connectivity index (χ4n) is 4.19. The van der Waals surface area contributed by atoms with Crippen molar-refractivity contribution >= 4 is 31.0 Å². The summed E-state index contributed by atoms with van der Waals surface area (Å²) < 4.78 is 6.98. The minimum absolute atomic E-state index is 0.0869. The number of ether oxygens (including phenoxy) is 1. The summed E-state index contributed by atoms with van der Waals surface area (Å²) in [5, 5.41) is 11.2. The SMILES string of the molecule is CC1([Se]c2ccccc2)Cc2c(O)c(C(=O)c3ccccc3)cc(C(=O)c3ccccc3)c2O1. The third kappa shape index (κ3) is 4.16. The molecular weight excluding hydrogens is 491 g/mol. The van der Waals surface area contributed by atoms with Crippen LogP contribution in [0.1, 0.15) is 44.3 Å². The second-order valence-electron chi connectivity index (χ2n) is 8.35. The number of fused-ring (bicyclic) bond motifs is 1. The van der Waals surface area contributed by atoms with Gasteiger partial charge in [-0.05, 0) is 0 Å². The average molecular weight is 513 g/mol. The standard InChI is InChI=1S/C29H22O4Se/c1-29(34-21-15-9-4-10-16-21)18-24-27(32)22(25(30)19-11-5-2-6-12-19)17-23(28(24)33-29)26(31)20-13-7-3-8-14-20/h2-17,32H,18H2,1H3. The molecule has 0 bridgehead atoms. The molecule has 1 atom stereocenters. The Kier molecular flexibility index (Phi) is 5.82. The van der Waals surface area contributed by atoms with Gasteiger partial charge in [0.05, 0.1) is 0 Å². The van der Waals surface area contributed by atoms with Crippen molar-refractivity contribution in [3.05, 3.63) is 125 Å². The molecule has 0 aliphatic carbocycles. The zero-order valence-electron chi connectivity index (χ0n) is 18.5. The summed E-state index contributed by atoms with van der Waals surface area (Å²) in [6, 6.07) is 29.2. The van der Waals surface area contributed by atoms with Crippen molar-refractivity contribution < 1.29 is 19.4 Å². The Bertz CT molecular complexity index is 1370.